The Labute approximate surface area is 148 Å². The number of rotatable bonds is 3. The van der Waals surface area contributed by atoms with Crippen molar-refractivity contribution < 1.29 is 14.7 Å². The molecule has 0 saturated carbocycles. The van der Waals surface area contributed by atoms with Gasteiger partial charge in [-0.05, 0) is 42.3 Å². The maximum absolute atomic E-state index is 12.7. The van der Waals surface area contributed by atoms with E-state index in [4.69, 9.17) is 17.3 Å². The Hall–Kier alpha value is -2.44. The summed E-state index contributed by atoms with van der Waals surface area (Å²) >= 11 is 6.60. The quantitative estimate of drug-likeness (QED) is 0.663. The van der Waals surface area contributed by atoms with Crippen LogP contribution in [-0.2, 0) is 4.79 Å². The minimum Gasteiger partial charge on any atom is -0.478 e. The van der Waals surface area contributed by atoms with Gasteiger partial charge < -0.3 is 5.11 Å². The second-order valence-electron chi connectivity index (χ2n) is 5.23. The predicted octanol–water partition coefficient (Wildman–Crippen LogP) is 4.10. The van der Waals surface area contributed by atoms with E-state index in [1.165, 1.54) is 28.8 Å². The van der Waals surface area contributed by atoms with Gasteiger partial charge in [0.25, 0.3) is 5.91 Å². The Bertz CT molecular complexity index is 872. The number of aryl methyl sites for hydroxylation is 1. The third-order valence-corrected chi connectivity index (χ3v) is 4.91. The van der Waals surface area contributed by atoms with Crippen molar-refractivity contribution in [3.63, 3.8) is 0 Å². The Morgan fingerprint density at radius 3 is 2.46 bits per heavy atom. The molecule has 24 heavy (non-hydrogen) atoms. The van der Waals surface area contributed by atoms with Crippen LogP contribution in [0, 0.1) is 6.92 Å². The molecule has 2 aromatic rings. The summed E-state index contributed by atoms with van der Waals surface area (Å²) in [5.74, 6) is -1.14. The average molecular weight is 355 g/mol. The summed E-state index contributed by atoms with van der Waals surface area (Å²) in [6, 6.07) is 13.9. The van der Waals surface area contributed by atoms with Crippen molar-refractivity contribution in [2.75, 3.05) is 4.90 Å². The van der Waals surface area contributed by atoms with Crippen LogP contribution in [0.4, 0.5) is 5.69 Å². The van der Waals surface area contributed by atoms with Crippen molar-refractivity contribution in [3.8, 4) is 0 Å². The zero-order chi connectivity index (χ0) is 17.3. The molecule has 0 radical (unpaired) electrons. The van der Waals surface area contributed by atoms with Crippen LogP contribution in [-0.4, -0.2) is 21.3 Å². The summed E-state index contributed by atoms with van der Waals surface area (Å²) in [6.07, 6.45) is 1.73. The molecule has 0 unspecified atom stereocenters. The van der Waals surface area contributed by atoms with Gasteiger partial charge >= 0.3 is 5.97 Å². The molecule has 0 atom stereocenters. The lowest BCUT2D eigenvalue weighted by molar-refractivity contribution is -0.113. The Kier molecular flexibility index (Phi) is 4.51. The molecule has 0 aromatic heterocycles. The molecule has 1 fully saturated rings. The molecule has 0 aliphatic carbocycles. The van der Waals surface area contributed by atoms with Gasteiger partial charge in [-0.1, -0.05) is 54.3 Å². The number of nitrogens with zero attached hydrogens (tertiary/aromatic N) is 1. The number of anilines is 1. The third-order valence-electron chi connectivity index (χ3n) is 3.61. The van der Waals surface area contributed by atoms with Gasteiger partial charge in [0.1, 0.15) is 0 Å². The molecule has 1 saturated heterocycles. The van der Waals surface area contributed by atoms with E-state index in [0.717, 1.165) is 16.8 Å². The van der Waals surface area contributed by atoms with E-state index in [9.17, 15) is 9.59 Å². The molecular formula is C18H13NO3S2. The van der Waals surface area contributed by atoms with Crippen molar-refractivity contribution >= 4 is 51.9 Å². The number of amides is 1. The van der Waals surface area contributed by atoms with Crippen molar-refractivity contribution in [2.24, 2.45) is 0 Å². The molecule has 2 aromatic carbocycles. The van der Waals surface area contributed by atoms with Crippen molar-refractivity contribution in [1.82, 2.24) is 0 Å². The van der Waals surface area contributed by atoms with Gasteiger partial charge in [0.05, 0.1) is 16.2 Å². The minimum absolute atomic E-state index is 0.165. The van der Waals surface area contributed by atoms with Gasteiger partial charge in [-0.25, -0.2) is 4.79 Å². The number of hydrogen-bond acceptors (Lipinski definition) is 4. The Balaban J connectivity index is 1.91. The van der Waals surface area contributed by atoms with Gasteiger partial charge in [-0.3, -0.25) is 9.69 Å². The zero-order valence-electron chi connectivity index (χ0n) is 12.7. The summed E-state index contributed by atoms with van der Waals surface area (Å²) < 4.78 is 0.489. The normalized spacial score (nSPS) is 16.0. The lowest BCUT2D eigenvalue weighted by Gasteiger charge is -2.16. The standard InChI is InChI=1S/C18H13NO3S2/c1-11-4-2-3-5-14(11)19-16(20)15(24-18(19)23)10-12-6-8-13(9-7-12)17(21)22/h2-10H,1H3,(H,21,22)/b15-10-. The number of carboxylic acid groups (broad SMARTS) is 1. The van der Waals surface area contributed by atoms with E-state index in [1.807, 2.05) is 31.2 Å². The number of carboxylic acids is 1. The zero-order valence-corrected chi connectivity index (χ0v) is 14.4. The third kappa shape index (κ3) is 3.11. The molecule has 1 aliphatic heterocycles. The SMILES string of the molecule is Cc1ccccc1N1C(=O)/C(=C/c2ccc(C(=O)O)cc2)SC1=S. The molecular weight excluding hydrogens is 342 g/mol. The smallest absolute Gasteiger partial charge is 0.335 e. The molecule has 6 heteroatoms. The number of hydrogen-bond donors (Lipinski definition) is 1. The predicted molar refractivity (Wildman–Crippen MR) is 100 cm³/mol. The number of aromatic carboxylic acids is 1. The molecule has 3 rings (SSSR count). The van der Waals surface area contributed by atoms with Crippen LogP contribution in [0.15, 0.2) is 53.4 Å². The maximum Gasteiger partial charge on any atom is 0.335 e. The molecule has 120 valence electrons. The average Bonchev–Trinajstić information content (AvgIpc) is 2.83. The first kappa shape index (κ1) is 16.4. The van der Waals surface area contributed by atoms with Gasteiger partial charge in [0.2, 0.25) is 0 Å². The first-order valence-electron chi connectivity index (χ1n) is 7.14. The fraction of sp³-hybridized carbons (Fsp3) is 0.0556. The second-order valence-corrected chi connectivity index (χ2v) is 6.91. The molecule has 1 aliphatic rings. The number of carbonyl (C=O) groups is 2. The van der Waals surface area contributed by atoms with Crippen LogP contribution < -0.4 is 4.90 Å². The highest BCUT2D eigenvalue weighted by Gasteiger charge is 2.33. The summed E-state index contributed by atoms with van der Waals surface area (Å²) in [4.78, 5) is 25.6. The van der Waals surface area contributed by atoms with E-state index in [-0.39, 0.29) is 11.5 Å². The lowest BCUT2D eigenvalue weighted by atomic mass is 10.1. The van der Waals surface area contributed by atoms with Crippen LogP contribution in [0.2, 0.25) is 0 Å². The Morgan fingerprint density at radius 1 is 1.17 bits per heavy atom. The first-order chi connectivity index (χ1) is 11.5. The van der Waals surface area contributed by atoms with E-state index in [0.29, 0.717) is 9.23 Å². The number of thioether (sulfide) groups is 1. The molecule has 1 heterocycles. The molecule has 1 N–H and O–H groups in total. The fourth-order valence-corrected chi connectivity index (χ4v) is 3.65. The van der Waals surface area contributed by atoms with E-state index in [2.05, 4.69) is 0 Å². The van der Waals surface area contributed by atoms with Crippen LogP contribution in [0.5, 0.6) is 0 Å². The van der Waals surface area contributed by atoms with Gasteiger partial charge in [-0.2, -0.15) is 0 Å². The molecule has 0 bridgehead atoms. The van der Waals surface area contributed by atoms with Crippen LogP contribution in [0.3, 0.4) is 0 Å². The van der Waals surface area contributed by atoms with E-state index < -0.39 is 5.97 Å². The highest BCUT2D eigenvalue weighted by Crippen LogP contribution is 2.37. The topological polar surface area (TPSA) is 57.6 Å². The van der Waals surface area contributed by atoms with Gasteiger partial charge in [0, 0.05) is 0 Å². The Morgan fingerprint density at radius 2 is 1.83 bits per heavy atom. The number of carbonyl (C=O) groups excluding carboxylic acids is 1. The van der Waals surface area contributed by atoms with Crippen LogP contribution in [0.25, 0.3) is 6.08 Å². The number of benzene rings is 2. The minimum atomic E-state index is -0.979. The highest BCUT2D eigenvalue weighted by molar-refractivity contribution is 8.27. The summed E-state index contributed by atoms with van der Waals surface area (Å²) in [5.41, 5.74) is 2.72. The monoisotopic (exact) mass is 355 g/mol. The van der Waals surface area contributed by atoms with Gasteiger partial charge in [0.15, 0.2) is 4.32 Å². The second kappa shape index (κ2) is 6.59. The lowest BCUT2D eigenvalue weighted by Crippen LogP contribution is -2.28. The van der Waals surface area contributed by atoms with E-state index >= 15 is 0 Å². The molecule has 0 spiro atoms. The highest BCUT2D eigenvalue weighted by atomic mass is 32.2. The summed E-state index contributed by atoms with van der Waals surface area (Å²) in [5, 5.41) is 8.93. The number of para-hydroxylation sites is 1. The maximum atomic E-state index is 12.7. The van der Waals surface area contributed by atoms with Gasteiger partial charge in [-0.15, -0.1) is 0 Å². The van der Waals surface area contributed by atoms with Crippen molar-refractivity contribution in [3.05, 3.63) is 70.1 Å². The number of thiocarbonyl (C=S) groups is 1. The molecule has 1 amide bonds. The van der Waals surface area contributed by atoms with Crippen LogP contribution >= 0.6 is 24.0 Å². The first-order valence-corrected chi connectivity index (χ1v) is 8.37. The van der Waals surface area contributed by atoms with E-state index in [1.54, 1.807) is 18.2 Å². The van der Waals surface area contributed by atoms with Crippen molar-refractivity contribution in [2.45, 2.75) is 6.92 Å². The van der Waals surface area contributed by atoms with Crippen LogP contribution in [0.1, 0.15) is 21.5 Å². The fourth-order valence-electron chi connectivity index (χ4n) is 2.36. The largest absolute Gasteiger partial charge is 0.478 e. The summed E-state index contributed by atoms with van der Waals surface area (Å²) in [6.45, 7) is 1.93. The van der Waals surface area contributed by atoms with Crippen molar-refractivity contribution in [1.29, 1.82) is 0 Å². The molecule has 4 nitrogen and oxygen atoms in total. The summed E-state index contributed by atoms with van der Waals surface area (Å²) in [7, 11) is 0.